The van der Waals surface area contributed by atoms with Gasteiger partial charge in [-0.1, -0.05) is 6.07 Å². The van der Waals surface area contributed by atoms with Crippen LogP contribution in [0.25, 0.3) is 0 Å². The van der Waals surface area contributed by atoms with E-state index in [1.54, 1.807) is 6.26 Å². The van der Waals surface area contributed by atoms with Crippen LogP contribution in [0.2, 0.25) is 0 Å². The van der Waals surface area contributed by atoms with Crippen molar-refractivity contribution in [2.45, 2.75) is 13.1 Å². The van der Waals surface area contributed by atoms with Gasteiger partial charge in [-0.3, -0.25) is 9.88 Å². The van der Waals surface area contributed by atoms with Crippen LogP contribution in [0.4, 0.5) is 0 Å². The Balaban J connectivity index is 1.62. The Morgan fingerprint density at radius 3 is 2.94 bits per heavy atom. The minimum Gasteiger partial charge on any atom is -0.468 e. The topological polar surface area (TPSA) is 41.3 Å². The Labute approximate surface area is 108 Å². The van der Waals surface area contributed by atoms with E-state index in [1.807, 2.05) is 36.5 Å². The third kappa shape index (κ3) is 4.31. The highest BCUT2D eigenvalue weighted by Gasteiger charge is 2.01. The number of likely N-dealkylation sites (N-methyl/N-ethyl adjacent to an activating group) is 1. The van der Waals surface area contributed by atoms with Gasteiger partial charge in [-0.15, -0.1) is 0 Å². The highest BCUT2D eigenvalue weighted by molar-refractivity contribution is 5.03. The molecule has 96 valence electrons. The van der Waals surface area contributed by atoms with E-state index in [-0.39, 0.29) is 0 Å². The van der Waals surface area contributed by atoms with E-state index in [0.29, 0.717) is 0 Å². The molecule has 0 fully saturated rings. The number of nitrogens with one attached hydrogen (secondary N) is 1. The van der Waals surface area contributed by atoms with Gasteiger partial charge in [0.2, 0.25) is 0 Å². The van der Waals surface area contributed by atoms with Crippen LogP contribution >= 0.6 is 0 Å². The Morgan fingerprint density at radius 2 is 2.22 bits per heavy atom. The number of aromatic nitrogens is 1. The van der Waals surface area contributed by atoms with Crippen molar-refractivity contribution in [1.29, 1.82) is 0 Å². The summed E-state index contributed by atoms with van der Waals surface area (Å²) in [6.45, 7) is 3.58. The van der Waals surface area contributed by atoms with Crippen LogP contribution in [0.5, 0.6) is 0 Å². The quantitative estimate of drug-likeness (QED) is 0.756. The van der Waals surface area contributed by atoms with Gasteiger partial charge in [0, 0.05) is 25.8 Å². The first-order valence-electron chi connectivity index (χ1n) is 6.16. The molecule has 0 unspecified atom stereocenters. The van der Waals surface area contributed by atoms with E-state index in [4.69, 9.17) is 4.42 Å². The van der Waals surface area contributed by atoms with Gasteiger partial charge < -0.3 is 9.73 Å². The molecule has 0 saturated carbocycles. The predicted molar refractivity (Wildman–Crippen MR) is 71.0 cm³/mol. The molecule has 2 aromatic rings. The number of hydrogen-bond donors (Lipinski definition) is 1. The monoisotopic (exact) mass is 245 g/mol. The number of nitrogens with zero attached hydrogens (tertiary/aromatic N) is 2. The third-order valence-electron chi connectivity index (χ3n) is 2.71. The molecular weight excluding hydrogens is 226 g/mol. The molecule has 0 aliphatic heterocycles. The van der Waals surface area contributed by atoms with Crippen molar-refractivity contribution in [2.24, 2.45) is 0 Å². The van der Waals surface area contributed by atoms with Crippen molar-refractivity contribution in [3.8, 4) is 0 Å². The summed E-state index contributed by atoms with van der Waals surface area (Å²) in [6, 6.07) is 9.89. The maximum absolute atomic E-state index is 5.25. The average molecular weight is 245 g/mol. The lowest BCUT2D eigenvalue weighted by molar-refractivity contribution is 0.318. The van der Waals surface area contributed by atoms with E-state index >= 15 is 0 Å². The van der Waals surface area contributed by atoms with Crippen LogP contribution in [0.15, 0.2) is 47.2 Å². The Kier molecular flexibility index (Phi) is 4.93. The molecular formula is C14H19N3O. The fourth-order valence-corrected chi connectivity index (χ4v) is 1.74. The molecule has 0 atom stereocenters. The summed E-state index contributed by atoms with van der Waals surface area (Å²) in [5, 5.41) is 3.35. The van der Waals surface area contributed by atoms with Crippen LogP contribution in [0.3, 0.4) is 0 Å². The number of pyridine rings is 1. The zero-order valence-corrected chi connectivity index (χ0v) is 10.7. The van der Waals surface area contributed by atoms with Gasteiger partial charge >= 0.3 is 0 Å². The van der Waals surface area contributed by atoms with E-state index in [9.17, 15) is 0 Å². The second kappa shape index (κ2) is 6.93. The van der Waals surface area contributed by atoms with Crippen molar-refractivity contribution in [3.05, 3.63) is 54.2 Å². The number of furan rings is 1. The van der Waals surface area contributed by atoms with Crippen LogP contribution in [0, 0.1) is 0 Å². The Morgan fingerprint density at radius 1 is 1.28 bits per heavy atom. The molecule has 0 bridgehead atoms. The minimum absolute atomic E-state index is 0.782. The Bertz CT molecular complexity index is 428. The maximum Gasteiger partial charge on any atom is 0.117 e. The molecule has 0 amide bonds. The lowest BCUT2D eigenvalue weighted by Gasteiger charge is -2.16. The predicted octanol–water partition coefficient (Wildman–Crippen LogP) is 1.90. The molecule has 1 N–H and O–H groups in total. The van der Waals surface area contributed by atoms with Crippen molar-refractivity contribution in [2.75, 3.05) is 20.1 Å². The third-order valence-corrected chi connectivity index (χ3v) is 2.71. The fraction of sp³-hybridized carbons (Fsp3) is 0.357. The molecule has 18 heavy (non-hydrogen) atoms. The first kappa shape index (κ1) is 12.8. The average Bonchev–Trinajstić information content (AvgIpc) is 2.89. The second-order valence-corrected chi connectivity index (χ2v) is 4.31. The smallest absolute Gasteiger partial charge is 0.117 e. The van der Waals surface area contributed by atoms with Crippen LogP contribution in [0.1, 0.15) is 11.5 Å². The van der Waals surface area contributed by atoms with E-state index in [1.165, 1.54) is 0 Å². The van der Waals surface area contributed by atoms with Gasteiger partial charge in [0.1, 0.15) is 5.76 Å². The van der Waals surface area contributed by atoms with Gasteiger partial charge in [0.05, 0.1) is 18.5 Å². The fourth-order valence-electron chi connectivity index (χ4n) is 1.74. The van der Waals surface area contributed by atoms with Gasteiger partial charge in [-0.2, -0.15) is 0 Å². The van der Waals surface area contributed by atoms with Crippen LogP contribution in [-0.4, -0.2) is 30.0 Å². The first-order valence-corrected chi connectivity index (χ1v) is 6.16. The molecule has 4 nitrogen and oxygen atoms in total. The van der Waals surface area contributed by atoms with E-state index in [2.05, 4.69) is 22.2 Å². The summed E-state index contributed by atoms with van der Waals surface area (Å²) in [5.41, 5.74) is 1.10. The molecule has 0 radical (unpaired) electrons. The van der Waals surface area contributed by atoms with E-state index in [0.717, 1.165) is 37.6 Å². The standard InChI is InChI=1S/C14H19N3O/c1-17(12-13-5-2-3-7-16-13)9-8-15-11-14-6-4-10-18-14/h2-7,10,15H,8-9,11-12H2,1H3. The van der Waals surface area contributed by atoms with Crippen molar-refractivity contribution in [3.63, 3.8) is 0 Å². The molecule has 0 aliphatic carbocycles. The largest absolute Gasteiger partial charge is 0.468 e. The zero-order valence-electron chi connectivity index (χ0n) is 10.7. The molecule has 2 rings (SSSR count). The number of hydrogen-bond acceptors (Lipinski definition) is 4. The highest BCUT2D eigenvalue weighted by Crippen LogP contribution is 1.99. The van der Waals surface area contributed by atoms with Gasteiger partial charge in [0.25, 0.3) is 0 Å². The minimum atomic E-state index is 0.782. The molecule has 2 heterocycles. The number of rotatable bonds is 7. The molecule has 0 saturated heterocycles. The molecule has 0 aromatic carbocycles. The maximum atomic E-state index is 5.25. The highest BCUT2D eigenvalue weighted by atomic mass is 16.3. The summed E-state index contributed by atoms with van der Waals surface area (Å²) in [4.78, 5) is 6.56. The van der Waals surface area contributed by atoms with Gasteiger partial charge in [0.15, 0.2) is 0 Å². The van der Waals surface area contributed by atoms with Crippen molar-refractivity contribution < 1.29 is 4.42 Å². The molecule has 0 spiro atoms. The lowest BCUT2D eigenvalue weighted by Crippen LogP contribution is -2.28. The molecule has 0 aliphatic rings. The van der Waals surface area contributed by atoms with Gasteiger partial charge in [-0.25, -0.2) is 0 Å². The summed E-state index contributed by atoms with van der Waals surface area (Å²) in [5.74, 6) is 0.974. The SMILES string of the molecule is CN(CCNCc1ccco1)Cc1ccccn1. The van der Waals surface area contributed by atoms with Crippen molar-refractivity contribution >= 4 is 0 Å². The van der Waals surface area contributed by atoms with Crippen LogP contribution < -0.4 is 5.32 Å². The summed E-state index contributed by atoms with van der Waals surface area (Å²) >= 11 is 0. The van der Waals surface area contributed by atoms with Crippen molar-refractivity contribution in [1.82, 2.24) is 15.2 Å². The molecule has 4 heteroatoms. The second-order valence-electron chi connectivity index (χ2n) is 4.31. The summed E-state index contributed by atoms with van der Waals surface area (Å²) in [6.07, 6.45) is 3.53. The normalized spacial score (nSPS) is 11.0. The summed E-state index contributed by atoms with van der Waals surface area (Å²) < 4.78 is 5.25. The Hall–Kier alpha value is -1.65. The van der Waals surface area contributed by atoms with Crippen LogP contribution in [-0.2, 0) is 13.1 Å². The summed E-state index contributed by atoms with van der Waals surface area (Å²) in [7, 11) is 2.10. The van der Waals surface area contributed by atoms with E-state index < -0.39 is 0 Å². The molecule has 2 aromatic heterocycles. The lowest BCUT2D eigenvalue weighted by atomic mass is 10.3. The van der Waals surface area contributed by atoms with Gasteiger partial charge in [-0.05, 0) is 31.3 Å². The first-order chi connectivity index (χ1) is 8.84. The zero-order chi connectivity index (χ0) is 12.6.